The van der Waals surface area contributed by atoms with E-state index in [1.165, 1.54) is 0 Å². The maximum Gasteiger partial charge on any atom is 0.228 e. The zero-order valence-electron chi connectivity index (χ0n) is 14.1. The number of halogens is 1. The Labute approximate surface area is 147 Å². The maximum atomic E-state index is 13.9. The van der Waals surface area contributed by atoms with Crippen LogP contribution in [0.15, 0.2) is 60.7 Å². The average Bonchev–Trinajstić information content (AvgIpc) is 2.64. The molecule has 0 radical (unpaired) electrons. The van der Waals surface area contributed by atoms with Gasteiger partial charge in [-0.15, -0.1) is 0 Å². The number of rotatable bonds is 6. The van der Waals surface area contributed by atoms with Crippen LogP contribution in [0.2, 0.25) is 0 Å². The van der Waals surface area contributed by atoms with E-state index in [2.05, 4.69) is 0 Å². The molecule has 0 saturated carbocycles. The second-order valence-corrected chi connectivity index (χ2v) is 6.21. The monoisotopic (exact) mass is 346 g/mol. The van der Waals surface area contributed by atoms with Crippen molar-refractivity contribution in [1.82, 2.24) is 0 Å². The third-order valence-electron chi connectivity index (χ3n) is 4.31. The van der Waals surface area contributed by atoms with Crippen molar-refractivity contribution in [3.05, 3.63) is 71.8 Å². The summed E-state index contributed by atoms with van der Waals surface area (Å²) in [5.41, 5.74) is 1.94. The Kier molecular flexibility index (Phi) is 6.15. The Bertz CT molecular complexity index is 637. The van der Waals surface area contributed by atoms with Crippen molar-refractivity contribution in [2.24, 2.45) is 0 Å². The van der Waals surface area contributed by atoms with Crippen LogP contribution in [0.3, 0.4) is 0 Å². The molecule has 1 heterocycles. The lowest BCUT2D eigenvalue weighted by molar-refractivity contribution is -0.276. The number of hydrogen-bond acceptors (Lipinski definition) is 4. The van der Waals surface area contributed by atoms with Crippen LogP contribution >= 0.6 is 0 Å². The lowest BCUT2D eigenvalue weighted by atomic mass is 9.99. The van der Waals surface area contributed by atoms with Crippen molar-refractivity contribution in [2.45, 2.75) is 50.9 Å². The van der Waals surface area contributed by atoms with E-state index in [4.69, 9.17) is 14.2 Å². The van der Waals surface area contributed by atoms with Gasteiger partial charge in [-0.25, -0.2) is 4.39 Å². The molecule has 0 amide bonds. The summed E-state index contributed by atoms with van der Waals surface area (Å²) < 4.78 is 30.8. The molecule has 5 atom stereocenters. The fourth-order valence-electron chi connectivity index (χ4n) is 2.93. The molecule has 1 saturated heterocycles. The van der Waals surface area contributed by atoms with Crippen LogP contribution in [0.4, 0.5) is 4.39 Å². The summed E-state index contributed by atoms with van der Waals surface area (Å²) in [6.45, 7) is 2.34. The van der Waals surface area contributed by atoms with Crippen molar-refractivity contribution < 1.29 is 23.7 Å². The normalized spacial score (nSPS) is 29.5. The molecule has 2 aromatic rings. The van der Waals surface area contributed by atoms with Crippen molar-refractivity contribution in [3.63, 3.8) is 0 Å². The van der Waals surface area contributed by atoms with Crippen molar-refractivity contribution in [2.75, 3.05) is 0 Å². The zero-order chi connectivity index (χ0) is 17.6. The number of aliphatic hydroxyl groups excluding tert-OH is 1. The van der Waals surface area contributed by atoms with Crippen LogP contribution in [0.5, 0.6) is 0 Å². The molecule has 0 bridgehead atoms. The van der Waals surface area contributed by atoms with E-state index in [-0.39, 0.29) is 6.61 Å². The van der Waals surface area contributed by atoms with E-state index in [9.17, 15) is 9.50 Å². The molecule has 1 aliphatic rings. The van der Waals surface area contributed by atoms with Gasteiger partial charge in [0.25, 0.3) is 0 Å². The van der Waals surface area contributed by atoms with E-state index in [1.54, 1.807) is 6.92 Å². The Morgan fingerprint density at radius 3 is 1.88 bits per heavy atom. The molecule has 0 aliphatic carbocycles. The summed E-state index contributed by atoms with van der Waals surface area (Å²) in [5.74, 6) is 0. The largest absolute Gasteiger partial charge is 0.385 e. The number of benzene rings is 2. The van der Waals surface area contributed by atoms with Gasteiger partial charge in [0, 0.05) is 0 Å². The third kappa shape index (κ3) is 4.64. The quantitative estimate of drug-likeness (QED) is 0.872. The molecule has 1 fully saturated rings. The smallest absolute Gasteiger partial charge is 0.228 e. The zero-order valence-corrected chi connectivity index (χ0v) is 14.1. The number of ether oxygens (including phenoxy) is 3. The molecule has 134 valence electrons. The molecular weight excluding hydrogens is 323 g/mol. The van der Waals surface area contributed by atoms with E-state index < -0.39 is 30.8 Å². The Balaban J connectivity index is 1.67. The molecule has 25 heavy (non-hydrogen) atoms. The van der Waals surface area contributed by atoms with Crippen LogP contribution in [-0.2, 0) is 27.4 Å². The van der Waals surface area contributed by atoms with E-state index in [0.29, 0.717) is 6.61 Å². The lowest BCUT2D eigenvalue weighted by Crippen LogP contribution is -2.57. The molecule has 4 nitrogen and oxygen atoms in total. The van der Waals surface area contributed by atoms with Crippen molar-refractivity contribution in [1.29, 1.82) is 0 Å². The van der Waals surface area contributed by atoms with Gasteiger partial charge in [0.15, 0.2) is 0 Å². The topological polar surface area (TPSA) is 47.9 Å². The minimum Gasteiger partial charge on any atom is -0.385 e. The van der Waals surface area contributed by atoms with Gasteiger partial charge in [-0.05, 0) is 18.1 Å². The predicted octanol–water partition coefficient (Wildman–Crippen LogP) is 3.23. The molecule has 0 aromatic heterocycles. The molecule has 2 aromatic carbocycles. The molecule has 3 unspecified atom stereocenters. The second-order valence-electron chi connectivity index (χ2n) is 6.21. The number of alkyl halides is 1. The first kappa shape index (κ1) is 18.0. The van der Waals surface area contributed by atoms with E-state index in [1.807, 2.05) is 60.7 Å². The Morgan fingerprint density at radius 2 is 1.36 bits per heavy atom. The second kappa shape index (κ2) is 8.54. The highest BCUT2D eigenvalue weighted by Crippen LogP contribution is 2.28. The summed E-state index contributed by atoms with van der Waals surface area (Å²) in [6, 6.07) is 19.2. The van der Waals surface area contributed by atoms with Crippen molar-refractivity contribution >= 4 is 0 Å². The van der Waals surface area contributed by atoms with Crippen LogP contribution in [0, 0.1) is 0 Å². The van der Waals surface area contributed by atoms with Gasteiger partial charge in [0.1, 0.15) is 18.3 Å². The highest BCUT2D eigenvalue weighted by Gasteiger charge is 2.45. The minimum atomic E-state index is -1.78. The summed E-state index contributed by atoms with van der Waals surface area (Å²) >= 11 is 0. The Morgan fingerprint density at radius 1 is 0.880 bits per heavy atom. The maximum absolute atomic E-state index is 13.9. The number of hydrogen-bond donors (Lipinski definition) is 1. The van der Waals surface area contributed by atoms with Gasteiger partial charge in [-0.2, -0.15) is 0 Å². The van der Waals surface area contributed by atoms with Crippen LogP contribution in [0.1, 0.15) is 18.1 Å². The van der Waals surface area contributed by atoms with Gasteiger partial charge >= 0.3 is 0 Å². The summed E-state index contributed by atoms with van der Waals surface area (Å²) in [5, 5.41) is 10.2. The molecule has 1 N–H and O–H groups in total. The van der Waals surface area contributed by atoms with E-state index in [0.717, 1.165) is 11.1 Å². The SMILES string of the molecule is CC1O[C@@H](F)C(O)C(OCc2ccccc2)[C@H]1OCc1ccccc1. The standard InChI is InChI=1S/C20H23FO4/c1-14-18(23-12-15-8-4-2-5-9-15)19(17(22)20(21)25-14)24-13-16-10-6-3-7-11-16/h2-11,14,17-20,22H,12-13H2,1H3/t14?,17?,18-,19?,20+/m0/s1. The molecule has 3 rings (SSSR count). The third-order valence-corrected chi connectivity index (χ3v) is 4.31. The summed E-state index contributed by atoms with van der Waals surface area (Å²) in [4.78, 5) is 0. The highest BCUT2D eigenvalue weighted by molar-refractivity contribution is 5.14. The summed E-state index contributed by atoms with van der Waals surface area (Å²) in [7, 11) is 0. The Hall–Kier alpha value is -1.79. The average molecular weight is 346 g/mol. The lowest BCUT2D eigenvalue weighted by Gasteiger charge is -2.40. The van der Waals surface area contributed by atoms with Gasteiger partial charge < -0.3 is 19.3 Å². The fraction of sp³-hybridized carbons (Fsp3) is 0.400. The fourth-order valence-corrected chi connectivity index (χ4v) is 2.93. The highest BCUT2D eigenvalue weighted by atomic mass is 19.1. The van der Waals surface area contributed by atoms with Gasteiger partial charge in [0.05, 0.1) is 19.3 Å². The van der Waals surface area contributed by atoms with Gasteiger partial charge in [-0.1, -0.05) is 60.7 Å². The first-order valence-electron chi connectivity index (χ1n) is 8.44. The predicted molar refractivity (Wildman–Crippen MR) is 91.5 cm³/mol. The van der Waals surface area contributed by atoms with Crippen LogP contribution in [0.25, 0.3) is 0 Å². The van der Waals surface area contributed by atoms with Crippen molar-refractivity contribution in [3.8, 4) is 0 Å². The number of aliphatic hydroxyl groups is 1. The molecular formula is C20H23FO4. The van der Waals surface area contributed by atoms with Crippen LogP contribution in [-0.4, -0.2) is 35.9 Å². The molecule has 0 spiro atoms. The van der Waals surface area contributed by atoms with Crippen LogP contribution < -0.4 is 0 Å². The first-order chi connectivity index (χ1) is 12.1. The summed E-state index contributed by atoms with van der Waals surface area (Å²) in [6.07, 6.45) is -5.07. The van der Waals surface area contributed by atoms with Gasteiger partial charge in [0.2, 0.25) is 6.36 Å². The molecule has 5 heteroatoms. The van der Waals surface area contributed by atoms with E-state index >= 15 is 0 Å². The van der Waals surface area contributed by atoms with Gasteiger partial charge in [-0.3, -0.25) is 0 Å². The minimum absolute atomic E-state index is 0.271. The molecule has 1 aliphatic heterocycles. The first-order valence-corrected chi connectivity index (χ1v) is 8.44.